The van der Waals surface area contributed by atoms with E-state index in [9.17, 15) is 5.11 Å². The highest BCUT2D eigenvalue weighted by Gasteiger charge is 2.47. The monoisotopic (exact) mass is 251 g/mol. The zero-order valence-electron chi connectivity index (χ0n) is 11.2. The number of hydrogen-bond donors (Lipinski definition) is 1. The summed E-state index contributed by atoms with van der Waals surface area (Å²) in [5.41, 5.74) is 0.875. The van der Waals surface area contributed by atoms with Crippen molar-refractivity contribution in [2.24, 2.45) is 5.41 Å². The molecule has 1 aromatic carbocycles. The molecule has 18 heavy (non-hydrogen) atoms. The van der Waals surface area contributed by atoms with Crippen molar-refractivity contribution in [3.63, 3.8) is 0 Å². The molecule has 0 radical (unpaired) electrons. The predicted octanol–water partition coefficient (Wildman–Crippen LogP) is 1.31. The van der Waals surface area contributed by atoms with E-state index in [4.69, 9.17) is 9.47 Å². The van der Waals surface area contributed by atoms with E-state index < -0.39 is 0 Å². The molecule has 0 aliphatic carbocycles. The molecule has 0 amide bonds. The second-order valence-electron chi connectivity index (χ2n) is 5.12. The fraction of sp³-hybridized carbons (Fsp3) is 0.571. The van der Waals surface area contributed by atoms with Crippen LogP contribution in [-0.2, 0) is 4.74 Å². The van der Waals surface area contributed by atoms with Crippen LogP contribution in [-0.4, -0.2) is 51.0 Å². The third kappa shape index (κ3) is 2.11. The van der Waals surface area contributed by atoms with E-state index in [0.29, 0.717) is 13.2 Å². The fourth-order valence-electron chi connectivity index (χ4n) is 2.75. The van der Waals surface area contributed by atoms with E-state index in [1.807, 2.05) is 32.3 Å². The Bertz CT molecular complexity index is 396. The van der Waals surface area contributed by atoms with E-state index in [0.717, 1.165) is 11.3 Å². The molecule has 1 saturated heterocycles. The first-order valence-corrected chi connectivity index (χ1v) is 6.12. The second kappa shape index (κ2) is 5.26. The van der Waals surface area contributed by atoms with Gasteiger partial charge < -0.3 is 19.5 Å². The normalized spacial score (nSPS) is 19.4. The molecule has 0 aromatic heterocycles. The lowest BCUT2D eigenvalue weighted by atomic mass is 9.75. The van der Waals surface area contributed by atoms with Crippen molar-refractivity contribution >= 4 is 0 Å². The summed E-state index contributed by atoms with van der Waals surface area (Å²) in [4.78, 5) is 2.12. The molecule has 0 saturated carbocycles. The van der Waals surface area contributed by atoms with Gasteiger partial charge in [0.25, 0.3) is 0 Å². The van der Waals surface area contributed by atoms with Crippen LogP contribution in [0, 0.1) is 5.41 Å². The smallest absolute Gasteiger partial charge is 0.123 e. The highest BCUT2D eigenvalue weighted by atomic mass is 16.5. The Morgan fingerprint density at radius 3 is 2.50 bits per heavy atom. The largest absolute Gasteiger partial charge is 0.496 e. The van der Waals surface area contributed by atoms with Gasteiger partial charge in [0.05, 0.1) is 38.4 Å². The lowest BCUT2D eigenvalue weighted by Crippen LogP contribution is -2.54. The van der Waals surface area contributed by atoms with E-state index in [-0.39, 0.29) is 18.1 Å². The molecule has 1 heterocycles. The number of hydrogen-bond acceptors (Lipinski definition) is 4. The molecule has 1 atom stereocenters. The average molecular weight is 251 g/mol. The van der Waals surface area contributed by atoms with Crippen LogP contribution in [0.25, 0.3) is 0 Å². The molecule has 1 unspecified atom stereocenters. The maximum absolute atomic E-state index is 9.73. The molecule has 1 N–H and O–H groups in total. The minimum Gasteiger partial charge on any atom is -0.496 e. The van der Waals surface area contributed by atoms with Crippen LogP contribution in [0.3, 0.4) is 0 Å². The lowest BCUT2D eigenvalue weighted by molar-refractivity contribution is -0.172. The third-order valence-corrected chi connectivity index (χ3v) is 3.62. The average Bonchev–Trinajstić information content (AvgIpc) is 2.33. The van der Waals surface area contributed by atoms with Gasteiger partial charge in [-0.3, -0.25) is 0 Å². The number of rotatable bonds is 5. The van der Waals surface area contributed by atoms with Crippen molar-refractivity contribution in [3.8, 4) is 5.75 Å². The number of methoxy groups -OCH3 is 1. The molecular formula is C14H21NO3. The Kier molecular flexibility index (Phi) is 3.90. The first-order valence-electron chi connectivity index (χ1n) is 6.12. The Labute approximate surface area is 108 Å². The van der Waals surface area contributed by atoms with Gasteiger partial charge in [-0.15, -0.1) is 0 Å². The van der Waals surface area contributed by atoms with Crippen molar-refractivity contribution in [2.45, 2.75) is 6.04 Å². The molecule has 100 valence electrons. The summed E-state index contributed by atoms with van der Waals surface area (Å²) in [6.07, 6.45) is 0. The molecule has 2 rings (SSSR count). The minimum absolute atomic E-state index is 0.0902. The minimum atomic E-state index is -0.224. The van der Waals surface area contributed by atoms with Crippen LogP contribution in [0.5, 0.6) is 5.75 Å². The molecule has 4 nitrogen and oxygen atoms in total. The van der Waals surface area contributed by atoms with Gasteiger partial charge in [-0.25, -0.2) is 0 Å². The van der Waals surface area contributed by atoms with Crippen LogP contribution in [0.15, 0.2) is 24.3 Å². The first-order chi connectivity index (χ1) is 8.64. The molecule has 0 spiro atoms. The van der Waals surface area contributed by atoms with Crippen molar-refractivity contribution in [1.29, 1.82) is 0 Å². The van der Waals surface area contributed by atoms with Gasteiger partial charge in [-0.05, 0) is 20.2 Å². The summed E-state index contributed by atoms with van der Waals surface area (Å²) in [5.74, 6) is 0.857. The van der Waals surface area contributed by atoms with E-state index in [1.165, 1.54) is 0 Å². The fourth-order valence-corrected chi connectivity index (χ4v) is 2.75. The van der Waals surface area contributed by atoms with Gasteiger partial charge in [0, 0.05) is 5.56 Å². The number of aliphatic hydroxyl groups is 1. The molecule has 1 fully saturated rings. The second-order valence-corrected chi connectivity index (χ2v) is 5.12. The highest BCUT2D eigenvalue weighted by Crippen LogP contribution is 2.45. The van der Waals surface area contributed by atoms with Crippen LogP contribution in [0.1, 0.15) is 11.6 Å². The van der Waals surface area contributed by atoms with E-state index >= 15 is 0 Å². The van der Waals surface area contributed by atoms with Crippen LogP contribution in [0.2, 0.25) is 0 Å². The number of para-hydroxylation sites is 1. The van der Waals surface area contributed by atoms with E-state index in [2.05, 4.69) is 11.0 Å². The topological polar surface area (TPSA) is 41.9 Å². The van der Waals surface area contributed by atoms with Gasteiger partial charge in [0.15, 0.2) is 0 Å². The van der Waals surface area contributed by atoms with Gasteiger partial charge in [-0.1, -0.05) is 18.2 Å². The lowest BCUT2D eigenvalue weighted by Gasteiger charge is -2.48. The maximum Gasteiger partial charge on any atom is 0.123 e. The number of nitrogens with zero attached hydrogens (tertiary/aromatic N) is 1. The van der Waals surface area contributed by atoms with Gasteiger partial charge in [0.2, 0.25) is 0 Å². The van der Waals surface area contributed by atoms with Crippen molar-refractivity contribution in [3.05, 3.63) is 29.8 Å². The van der Waals surface area contributed by atoms with Gasteiger partial charge in [0.1, 0.15) is 5.75 Å². The maximum atomic E-state index is 9.73. The van der Waals surface area contributed by atoms with Crippen molar-refractivity contribution < 1.29 is 14.6 Å². The Morgan fingerprint density at radius 1 is 1.39 bits per heavy atom. The first kappa shape index (κ1) is 13.3. The molecule has 1 aliphatic rings. The molecule has 4 heteroatoms. The zero-order chi connectivity index (χ0) is 13.2. The third-order valence-electron chi connectivity index (χ3n) is 3.62. The summed E-state index contributed by atoms with van der Waals surface area (Å²) in [6, 6.07) is 8.06. The zero-order valence-corrected chi connectivity index (χ0v) is 11.2. The molecular weight excluding hydrogens is 230 g/mol. The number of aliphatic hydroxyl groups excluding tert-OH is 1. The summed E-state index contributed by atoms with van der Waals surface area (Å²) in [6.45, 7) is 1.29. The Morgan fingerprint density at radius 2 is 2.06 bits per heavy atom. The van der Waals surface area contributed by atoms with Crippen LogP contribution < -0.4 is 4.74 Å². The van der Waals surface area contributed by atoms with Crippen LogP contribution in [0.4, 0.5) is 0 Å². The Hall–Kier alpha value is -1.10. The standard InChI is InChI=1S/C14H21NO3/c1-15(2)13(14(8-16)9-18-10-14)11-6-4-5-7-12(11)17-3/h4-7,13,16H,8-10H2,1-3H3. The number of benzene rings is 1. The summed E-state index contributed by atoms with van der Waals surface area (Å²) in [7, 11) is 5.72. The summed E-state index contributed by atoms with van der Waals surface area (Å²) >= 11 is 0. The van der Waals surface area contributed by atoms with Crippen molar-refractivity contribution in [2.75, 3.05) is 41.0 Å². The Balaban J connectivity index is 2.41. The van der Waals surface area contributed by atoms with Gasteiger partial charge >= 0.3 is 0 Å². The quantitative estimate of drug-likeness (QED) is 0.856. The molecule has 1 aliphatic heterocycles. The molecule has 1 aromatic rings. The summed E-state index contributed by atoms with van der Waals surface area (Å²) in [5, 5.41) is 9.73. The van der Waals surface area contributed by atoms with Gasteiger partial charge in [-0.2, -0.15) is 0 Å². The highest BCUT2D eigenvalue weighted by molar-refractivity contribution is 5.37. The SMILES string of the molecule is COc1ccccc1C(N(C)C)C1(CO)COC1. The van der Waals surface area contributed by atoms with E-state index in [1.54, 1.807) is 7.11 Å². The predicted molar refractivity (Wildman–Crippen MR) is 69.8 cm³/mol. The number of ether oxygens (including phenoxy) is 2. The summed E-state index contributed by atoms with van der Waals surface area (Å²) < 4.78 is 10.8. The van der Waals surface area contributed by atoms with Crippen molar-refractivity contribution in [1.82, 2.24) is 4.90 Å². The molecule has 0 bridgehead atoms. The van der Waals surface area contributed by atoms with Crippen LogP contribution >= 0.6 is 0 Å².